The summed E-state index contributed by atoms with van der Waals surface area (Å²) in [7, 11) is 5.65. The Morgan fingerprint density at radius 2 is 1.93 bits per heavy atom. The van der Waals surface area contributed by atoms with Crippen LogP contribution in [0.25, 0.3) is 10.9 Å². The van der Waals surface area contributed by atoms with Gasteiger partial charge in [0.1, 0.15) is 5.82 Å². The second kappa shape index (κ2) is 6.34. The molecule has 0 saturated carbocycles. The van der Waals surface area contributed by atoms with E-state index in [1.165, 1.54) is 4.57 Å². The first-order chi connectivity index (χ1) is 12.7. The van der Waals surface area contributed by atoms with Gasteiger partial charge in [-0.2, -0.15) is 4.98 Å². The Balaban J connectivity index is 2.13. The molecule has 0 aliphatic carbocycles. The van der Waals surface area contributed by atoms with Crippen LogP contribution in [-0.4, -0.2) is 60.3 Å². The number of rotatable bonds is 0. The van der Waals surface area contributed by atoms with Crippen molar-refractivity contribution in [2.75, 3.05) is 43.5 Å². The van der Waals surface area contributed by atoms with E-state index in [9.17, 15) is 4.79 Å². The zero-order valence-electron chi connectivity index (χ0n) is 16.4. The predicted molar refractivity (Wildman–Crippen MR) is 108 cm³/mol. The lowest BCUT2D eigenvalue weighted by molar-refractivity contribution is 0.195. The molecule has 0 N–H and O–H groups in total. The SMILES string of the molecule is Cc1c(F)c2c3c(nc(=O)n(C)c3c1Cl)N1CC(C)N(C)CC1CCN2C. The first-order valence-electron chi connectivity index (χ1n) is 9.28. The molecule has 1 aromatic carbocycles. The van der Waals surface area contributed by atoms with Crippen molar-refractivity contribution in [3.63, 3.8) is 0 Å². The van der Waals surface area contributed by atoms with Gasteiger partial charge in [0.05, 0.1) is 21.6 Å². The van der Waals surface area contributed by atoms with E-state index in [-0.39, 0.29) is 22.6 Å². The molecular weight excluding hydrogens is 369 g/mol. The molecule has 6 nitrogen and oxygen atoms in total. The second-order valence-electron chi connectivity index (χ2n) is 7.91. The smallest absolute Gasteiger partial charge is 0.349 e. The maximum absolute atomic E-state index is 15.3. The van der Waals surface area contributed by atoms with Crippen molar-refractivity contribution in [3.8, 4) is 0 Å². The van der Waals surface area contributed by atoms with Crippen LogP contribution in [0.15, 0.2) is 4.79 Å². The van der Waals surface area contributed by atoms with Crippen LogP contribution in [0.4, 0.5) is 15.9 Å². The lowest BCUT2D eigenvalue weighted by Crippen LogP contribution is -2.58. The summed E-state index contributed by atoms with van der Waals surface area (Å²) in [6, 6.07) is 0.529. The van der Waals surface area contributed by atoms with Gasteiger partial charge in [-0.1, -0.05) is 11.6 Å². The number of halogens is 2. The molecule has 2 aromatic rings. The highest BCUT2D eigenvalue weighted by Crippen LogP contribution is 2.43. The Hall–Kier alpha value is -1.86. The molecule has 146 valence electrons. The normalized spacial score (nSPS) is 23.4. The summed E-state index contributed by atoms with van der Waals surface area (Å²) in [5.74, 6) is 0.220. The largest absolute Gasteiger partial charge is 0.371 e. The molecule has 4 rings (SSSR count). The fraction of sp³-hybridized carbons (Fsp3) is 0.579. The van der Waals surface area contributed by atoms with Crippen LogP contribution in [0.5, 0.6) is 0 Å². The van der Waals surface area contributed by atoms with Crippen LogP contribution >= 0.6 is 11.6 Å². The van der Waals surface area contributed by atoms with Gasteiger partial charge >= 0.3 is 5.69 Å². The third kappa shape index (κ3) is 2.63. The highest BCUT2D eigenvalue weighted by molar-refractivity contribution is 6.37. The molecule has 0 radical (unpaired) electrons. The third-order valence-electron chi connectivity index (χ3n) is 6.20. The molecule has 1 saturated heterocycles. The topological polar surface area (TPSA) is 44.6 Å². The molecule has 2 aliphatic rings. The number of benzene rings is 1. The molecule has 1 aromatic heterocycles. The van der Waals surface area contributed by atoms with E-state index in [0.717, 1.165) is 26.1 Å². The Labute approximate surface area is 163 Å². The maximum Gasteiger partial charge on any atom is 0.349 e. The van der Waals surface area contributed by atoms with Gasteiger partial charge in [-0.05, 0) is 27.3 Å². The number of aromatic nitrogens is 2. The Bertz CT molecular complexity index is 991. The summed E-state index contributed by atoms with van der Waals surface area (Å²) in [6.07, 6.45) is 0.868. The molecular formula is C19H25ClFN5O. The summed E-state index contributed by atoms with van der Waals surface area (Å²) in [4.78, 5) is 23.5. The number of piperazine rings is 1. The van der Waals surface area contributed by atoms with Crippen molar-refractivity contribution in [2.45, 2.75) is 32.4 Å². The van der Waals surface area contributed by atoms with Crippen molar-refractivity contribution in [3.05, 3.63) is 26.9 Å². The number of hydrogen-bond donors (Lipinski definition) is 0. The fourth-order valence-electron chi connectivity index (χ4n) is 4.34. The highest BCUT2D eigenvalue weighted by Gasteiger charge is 2.36. The minimum Gasteiger partial charge on any atom is -0.371 e. The molecule has 27 heavy (non-hydrogen) atoms. The summed E-state index contributed by atoms with van der Waals surface area (Å²) in [5, 5.41) is 0.913. The van der Waals surface area contributed by atoms with Crippen molar-refractivity contribution in [1.82, 2.24) is 14.5 Å². The highest BCUT2D eigenvalue weighted by atomic mass is 35.5. The van der Waals surface area contributed by atoms with Gasteiger partial charge in [-0.15, -0.1) is 0 Å². The Morgan fingerprint density at radius 3 is 2.63 bits per heavy atom. The van der Waals surface area contributed by atoms with Gasteiger partial charge in [0.25, 0.3) is 0 Å². The molecule has 0 bridgehead atoms. The van der Waals surface area contributed by atoms with E-state index >= 15 is 4.39 Å². The van der Waals surface area contributed by atoms with Gasteiger partial charge in [-0.25, -0.2) is 9.18 Å². The fourth-order valence-corrected chi connectivity index (χ4v) is 4.64. The van der Waals surface area contributed by atoms with Crippen LogP contribution in [0, 0.1) is 12.7 Å². The molecule has 2 atom stereocenters. The zero-order chi connectivity index (χ0) is 19.6. The molecule has 3 heterocycles. The van der Waals surface area contributed by atoms with Crippen molar-refractivity contribution >= 4 is 34.0 Å². The van der Waals surface area contributed by atoms with Crippen molar-refractivity contribution in [2.24, 2.45) is 7.05 Å². The average Bonchev–Trinajstić information content (AvgIpc) is 2.62. The summed E-state index contributed by atoms with van der Waals surface area (Å²) in [6.45, 7) is 6.16. The van der Waals surface area contributed by atoms with E-state index in [4.69, 9.17) is 11.6 Å². The quantitative estimate of drug-likeness (QED) is 0.687. The molecule has 0 amide bonds. The Morgan fingerprint density at radius 1 is 1.22 bits per heavy atom. The van der Waals surface area contributed by atoms with E-state index in [2.05, 4.69) is 28.8 Å². The first kappa shape index (κ1) is 18.5. The molecule has 2 unspecified atom stereocenters. The van der Waals surface area contributed by atoms with Crippen molar-refractivity contribution in [1.29, 1.82) is 0 Å². The maximum atomic E-state index is 15.3. The third-order valence-corrected chi connectivity index (χ3v) is 6.66. The number of nitrogens with zero attached hydrogens (tertiary/aromatic N) is 5. The predicted octanol–water partition coefficient (Wildman–Crippen LogP) is 2.38. The molecule has 2 aliphatic heterocycles. The number of hydrogen-bond acceptors (Lipinski definition) is 5. The van der Waals surface area contributed by atoms with Crippen LogP contribution in [-0.2, 0) is 7.05 Å². The minimum atomic E-state index is -0.370. The van der Waals surface area contributed by atoms with Crippen LogP contribution in [0.3, 0.4) is 0 Å². The molecule has 8 heteroatoms. The lowest BCUT2D eigenvalue weighted by atomic mass is 9.99. The van der Waals surface area contributed by atoms with Crippen LogP contribution in [0.2, 0.25) is 5.02 Å². The second-order valence-corrected chi connectivity index (χ2v) is 8.29. The number of fused-ring (bicyclic) bond motifs is 2. The number of aryl methyl sites for hydroxylation is 1. The standard InChI is InChI=1S/C19H25ClFN5O/c1-10-8-26-12(9-24(10)4)6-7-23(3)17-13-16(14(20)11(2)15(17)21)25(5)19(27)22-18(13)26/h10,12H,6-9H2,1-5H3. The van der Waals surface area contributed by atoms with Crippen LogP contribution in [0.1, 0.15) is 18.9 Å². The van der Waals surface area contributed by atoms with Gasteiger partial charge in [0.2, 0.25) is 0 Å². The Kier molecular flexibility index (Phi) is 4.35. The monoisotopic (exact) mass is 393 g/mol. The van der Waals surface area contributed by atoms with Gasteiger partial charge in [0, 0.05) is 51.4 Å². The summed E-state index contributed by atoms with van der Waals surface area (Å²) < 4.78 is 16.7. The summed E-state index contributed by atoms with van der Waals surface area (Å²) >= 11 is 6.53. The molecule has 1 fully saturated rings. The van der Waals surface area contributed by atoms with E-state index < -0.39 is 0 Å². The number of likely N-dealkylation sites (N-methyl/N-ethyl adjacent to an activating group) is 1. The first-order valence-corrected chi connectivity index (χ1v) is 9.66. The lowest BCUT2D eigenvalue weighted by Gasteiger charge is -2.46. The van der Waals surface area contributed by atoms with E-state index in [0.29, 0.717) is 34.0 Å². The molecule has 0 spiro atoms. The van der Waals surface area contributed by atoms with Gasteiger partial charge in [0.15, 0.2) is 5.82 Å². The summed E-state index contributed by atoms with van der Waals surface area (Å²) in [5.41, 5.74) is 1.03. The van der Waals surface area contributed by atoms with Crippen molar-refractivity contribution < 1.29 is 4.39 Å². The zero-order valence-corrected chi connectivity index (χ0v) is 17.1. The van der Waals surface area contributed by atoms with Gasteiger partial charge in [-0.3, -0.25) is 9.47 Å². The van der Waals surface area contributed by atoms with E-state index in [1.807, 2.05) is 11.9 Å². The van der Waals surface area contributed by atoms with Gasteiger partial charge < -0.3 is 9.80 Å². The number of anilines is 2. The van der Waals surface area contributed by atoms with E-state index in [1.54, 1.807) is 14.0 Å². The van der Waals surface area contributed by atoms with Crippen LogP contribution < -0.4 is 15.5 Å². The minimum absolute atomic E-state index is 0.216. The average molecular weight is 394 g/mol.